The van der Waals surface area contributed by atoms with Crippen molar-refractivity contribution in [3.8, 4) is 17.2 Å². The van der Waals surface area contributed by atoms with Crippen LogP contribution in [0.15, 0.2) is 49.1 Å². The fourth-order valence-electron chi connectivity index (χ4n) is 2.95. The lowest BCUT2D eigenvalue weighted by Gasteiger charge is -2.18. The second-order valence-electron chi connectivity index (χ2n) is 6.59. The largest absolute Gasteiger partial charge is 0.493 e. The molecule has 0 atom stereocenters. The number of hydrogen-bond acceptors (Lipinski definition) is 6. The average molecular weight is 452 g/mol. The molecule has 1 heterocycles. The number of nitrogens with one attached hydrogen (secondary N) is 1. The Morgan fingerprint density at radius 3 is 2.74 bits per heavy atom. The van der Waals surface area contributed by atoms with E-state index >= 15 is 0 Å². The molecular formula is C20H20ClF2N5O3. The van der Waals surface area contributed by atoms with E-state index in [0.717, 1.165) is 5.56 Å². The molecule has 0 bridgehead atoms. The second-order valence-corrected chi connectivity index (χ2v) is 7.02. The third-order valence-corrected chi connectivity index (χ3v) is 4.44. The minimum Gasteiger partial charge on any atom is -0.493 e. The van der Waals surface area contributed by atoms with Crippen LogP contribution in [0.2, 0.25) is 5.02 Å². The highest BCUT2D eigenvalue weighted by Gasteiger charge is 2.14. The van der Waals surface area contributed by atoms with Crippen LogP contribution >= 0.6 is 11.6 Å². The zero-order valence-electron chi connectivity index (χ0n) is 16.8. The lowest BCUT2D eigenvalue weighted by Crippen LogP contribution is -2.30. The van der Waals surface area contributed by atoms with Crippen molar-refractivity contribution in [2.45, 2.75) is 13.2 Å². The number of halogens is 3. The maximum absolute atomic E-state index is 12.6. The van der Waals surface area contributed by atoms with Crippen molar-refractivity contribution in [1.82, 2.24) is 19.7 Å². The summed E-state index contributed by atoms with van der Waals surface area (Å²) in [5.41, 5.74) is 1.88. The van der Waals surface area contributed by atoms with Crippen LogP contribution in [-0.2, 0) is 11.3 Å². The number of hydrogen-bond donors (Lipinski definition) is 1. The molecule has 11 heteroatoms. The molecule has 0 saturated heterocycles. The average Bonchev–Trinajstić information content (AvgIpc) is 3.23. The third-order valence-electron chi connectivity index (χ3n) is 4.21. The SMILES string of the molecule is COc1cc(CN(C)CC(=O)Nc2cc(Cl)ccc2-n2cncn2)ccc1OC(F)F. The maximum atomic E-state index is 12.6. The van der Waals surface area contributed by atoms with Crippen molar-refractivity contribution in [3.63, 3.8) is 0 Å². The summed E-state index contributed by atoms with van der Waals surface area (Å²) >= 11 is 6.07. The summed E-state index contributed by atoms with van der Waals surface area (Å²) < 4.78 is 36.0. The van der Waals surface area contributed by atoms with Gasteiger partial charge in [0.1, 0.15) is 12.7 Å². The Morgan fingerprint density at radius 1 is 1.26 bits per heavy atom. The van der Waals surface area contributed by atoms with Gasteiger partial charge in [0.05, 0.1) is 25.0 Å². The standard InChI is InChI=1S/C20H20ClF2N5O3/c1-27(9-13-3-6-17(31-20(22)23)18(7-13)30-2)10-19(29)26-15-8-14(21)4-5-16(15)28-12-24-11-25-28/h3-8,11-12,20H,9-10H2,1-2H3,(H,26,29). The molecule has 0 aliphatic carbocycles. The fraction of sp³-hybridized carbons (Fsp3) is 0.250. The Kier molecular flexibility index (Phi) is 7.37. The first-order valence-corrected chi connectivity index (χ1v) is 9.48. The minimum atomic E-state index is -2.94. The first-order valence-electron chi connectivity index (χ1n) is 9.10. The van der Waals surface area contributed by atoms with E-state index in [1.54, 1.807) is 42.3 Å². The Labute approximate surface area is 182 Å². The summed E-state index contributed by atoms with van der Waals surface area (Å²) in [6.45, 7) is -2.49. The van der Waals surface area contributed by atoms with Crippen LogP contribution in [0.3, 0.4) is 0 Å². The predicted octanol–water partition coefficient (Wildman–Crippen LogP) is 3.60. The number of aromatic nitrogens is 3. The van der Waals surface area contributed by atoms with Gasteiger partial charge in [0, 0.05) is 11.6 Å². The highest BCUT2D eigenvalue weighted by atomic mass is 35.5. The predicted molar refractivity (Wildman–Crippen MR) is 111 cm³/mol. The summed E-state index contributed by atoms with van der Waals surface area (Å²) in [5.74, 6) is -0.133. The van der Waals surface area contributed by atoms with E-state index in [1.165, 1.54) is 30.5 Å². The molecule has 164 valence electrons. The fourth-order valence-corrected chi connectivity index (χ4v) is 3.12. The van der Waals surface area contributed by atoms with E-state index in [2.05, 4.69) is 20.1 Å². The van der Waals surface area contributed by atoms with Gasteiger partial charge in [0.2, 0.25) is 5.91 Å². The number of anilines is 1. The highest BCUT2D eigenvalue weighted by molar-refractivity contribution is 6.31. The molecule has 0 fully saturated rings. The molecule has 0 spiro atoms. The van der Waals surface area contributed by atoms with Crippen LogP contribution in [0.4, 0.5) is 14.5 Å². The van der Waals surface area contributed by atoms with Crippen molar-refractivity contribution in [2.75, 3.05) is 26.0 Å². The number of methoxy groups -OCH3 is 1. The van der Waals surface area contributed by atoms with Gasteiger partial charge in [-0.2, -0.15) is 13.9 Å². The zero-order valence-corrected chi connectivity index (χ0v) is 17.5. The molecule has 1 amide bonds. The second kappa shape index (κ2) is 10.2. The van der Waals surface area contributed by atoms with Crippen molar-refractivity contribution < 1.29 is 23.0 Å². The van der Waals surface area contributed by atoms with Gasteiger partial charge in [-0.15, -0.1) is 0 Å². The van der Waals surface area contributed by atoms with Crippen LogP contribution in [0.1, 0.15) is 5.56 Å². The zero-order chi connectivity index (χ0) is 22.4. The summed E-state index contributed by atoms with van der Waals surface area (Å²) in [6.07, 6.45) is 2.90. The number of nitrogens with zero attached hydrogens (tertiary/aromatic N) is 4. The lowest BCUT2D eigenvalue weighted by molar-refractivity contribution is -0.117. The summed E-state index contributed by atoms with van der Waals surface area (Å²) in [5, 5.41) is 7.37. The lowest BCUT2D eigenvalue weighted by atomic mass is 10.2. The summed E-state index contributed by atoms with van der Waals surface area (Å²) in [7, 11) is 3.12. The molecule has 0 radical (unpaired) electrons. The first kappa shape index (κ1) is 22.4. The molecule has 31 heavy (non-hydrogen) atoms. The van der Waals surface area contributed by atoms with Crippen LogP contribution in [0.5, 0.6) is 11.5 Å². The van der Waals surface area contributed by atoms with Crippen LogP contribution in [0.25, 0.3) is 5.69 Å². The maximum Gasteiger partial charge on any atom is 0.387 e. The molecule has 1 aromatic heterocycles. The van der Waals surface area contributed by atoms with Crippen molar-refractivity contribution in [2.24, 2.45) is 0 Å². The van der Waals surface area contributed by atoms with Crippen LogP contribution in [0, 0.1) is 0 Å². The van der Waals surface area contributed by atoms with Crippen molar-refractivity contribution in [3.05, 3.63) is 59.6 Å². The molecular weight excluding hydrogens is 432 g/mol. The van der Waals surface area contributed by atoms with E-state index in [-0.39, 0.29) is 24.0 Å². The number of benzene rings is 2. The number of carbonyl (C=O) groups is 1. The van der Waals surface area contributed by atoms with Crippen molar-refractivity contribution >= 4 is 23.2 Å². The quantitative estimate of drug-likeness (QED) is 0.535. The molecule has 1 N–H and O–H groups in total. The normalized spacial score (nSPS) is 11.1. The molecule has 0 saturated carbocycles. The van der Waals surface area contributed by atoms with E-state index in [0.29, 0.717) is 22.9 Å². The number of ether oxygens (including phenoxy) is 2. The molecule has 8 nitrogen and oxygen atoms in total. The van der Waals surface area contributed by atoms with Gasteiger partial charge >= 0.3 is 6.61 Å². The van der Waals surface area contributed by atoms with E-state index < -0.39 is 6.61 Å². The van der Waals surface area contributed by atoms with Gasteiger partial charge in [0.25, 0.3) is 0 Å². The summed E-state index contributed by atoms with van der Waals surface area (Å²) in [6, 6.07) is 9.68. The highest BCUT2D eigenvalue weighted by Crippen LogP contribution is 2.30. The van der Waals surface area contributed by atoms with Crippen molar-refractivity contribution in [1.29, 1.82) is 0 Å². The Balaban J connectivity index is 1.65. The van der Waals surface area contributed by atoms with Gasteiger partial charge in [-0.1, -0.05) is 17.7 Å². The smallest absolute Gasteiger partial charge is 0.387 e. The molecule has 3 rings (SSSR count). The molecule has 0 aliphatic rings. The van der Waals surface area contributed by atoms with Gasteiger partial charge in [-0.25, -0.2) is 9.67 Å². The van der Waals surface area contributed by atoms with E-state index in [9.17, 15) is 13.6 Å². The number of carbonyl (C=O) groups excluding carboxylic acids is 1. The minimum absolute atomic E-state index is 0.0526. The molecule has 0 aliphatic heterocycles. The molecule has 0 unspecified atom stereocenters. The Bertz CT molecular complexity index is 1030. The Hall–Kier alpha value is -3.24. The Morgan fingerprint density at radius 2 is 2.06 bits per heavy atom. The molecule has 2 aromatic carbocycles. The van der Waals surface area contributed by atoms with Gasteiger partial charge in [-0.3, -0.25) is 9.69 Å². The van der Waals surface area contributed by atoms with E-state index in [4.69, 9.17) is 16.3 Å². The topological polar surface area (TPSA) is 81.5 Å². The van der Waals surface area contributed by atoms with Gasteiger partial charge < -0.3 is 14.8 Å². The third kappa shape index (κ3) is 6.12. The molecule has 3 aromatic rings. The number of rotatable bonds is 9. The van der Waals surface area contributed by atoms with Crippen LogP contribution in [-0.4, -0.2) is 52.9 Å². The number of likely N-dealkylation sites (N-methyl/N-ethyl adjacent to an activating group) is 1. The monoisotopic (exact) mass is 451 g/mol. The van der Waals surface area contributed by atoms with Gasteiger partial charge in [0.15, 0.2) is 11.5 Å². The van der Waals surface area contributed by atoms with Gasteiger partial charge in [-0.05, 0) is 42.9 Å². The first-order chi connectivity index (χ1) is 14.9. The van der Waals surface area contributed by atoms with E-state index in [1.807, 2.05) is 0 Å². The van der Waals surface area contributed by atoms with Crippen LogP contribution < -0.4 is 14.8 Å². The summed E-state index contributed by atoms with van der Waals surface area (Å²) in [4.78, 5) is 18.2. The number of amides is 1. The number of alkyl halides is 2.